The van der Waals surface area contributed by atoms with E-state index in [1.165, 1.54) is 5.56 Å². The third-order valence-electron chi connectivity index (χ3n) is 6.18. The number of aryl methyl sites for hydroxylation is 1. The van der Waals surface area contributed by atoms with Crippen LogP contribution in [0.2, 0.25) is 0 Å². The van der Waals surface area contributed by atoms with Gasteiger partial charge in [-0.25, -0.2) is 4.79 Å². The topological polar surface area (TPSA) is 76.1 Å². The maximum absolute atomic E-state index is 12.0. The van der Waals surface area contributed by atoms with E-state index in [0.29, 0.717) is 37.0 Å². The maximum Gasteiger partial charge on any atom is 0.338 e. The molecule has 6 nitrogen and oxygen atoms in total. The summed E-state index contributed by atoms with van der Waals surface area (Å²) >= 11 is 0. The number of carbonyl (C=O) groups is 2. The summed E-state index contributed by atoms with van der Waals surface area (Å²) in [7, 11) is 0. The zero-order valence-corrected chi connectivity index (χ0v) is 19.7. The molecule has 178 valence electrons. The SMILES string of the molecule is CCOC(=O)CCCCN(Cc1ccc(C(=O)OCC)cc1)C1CCc2cccc(O)c2C1. The first kappa shape index (κ1) is 24.8. The summed E-state index contributed by atoms with van der Waals surface area (Å²) in [6.07, 6.45) is 4.88. The van der Waals surface area contributed by atoms with Gasteiger partial charge in [-0.3, -0.25) is 9.69 Å². The number of hydrogen-bond donors (Lipinski definition) is 1. The molecule has 0 radical (unpaired) electrons. The van der Waals surface area contributed by atoms with Crippen LogP contribution in [0.4, 0.5) is 0 Å². The smallest absolute Gasteiger partial charge is 0.338 e. The first-order chi connectivity index (χ1) is 16.0. The third kappa shape index (κ3) is 7.06. The molecule has 0 amide bonds. The monoisotopic (exact) mass is 453 g/mol. The highest BCUT2D eigenvalue weighted by Crippen LogP contribution is 2.31. The Labute approximate surface area is 196 Å². The van der Waals surface area contributed by atoms with Gasteiger partial charge >= 0.3 is 11.9 Å². The number of unbranched alkanes of at least 4 members (excludes halogenated alkanes) is 1. The predicted molar refractivity (Wildman–Crippen MR) is 127 cm³/mol. The minimum absolute atomic E-state index is 0.143. The van der Waals surface area contributed by atoms with Crippen molar-refractivity contribution in [3.63, 3.8) is 0 Å². The van der Waals surface area contributed by atoms with Crippen LogP contribution in [0.5, 0.6) is 5.75 Å². The van der Waals surface area contributed by atoms with Crippen molar-refractivity contribution in [3.8, 4) is 5.75 Å². The van der Waals surface area contributed by atoms with Crippen LogP contribution < -0.4 is 0 Å². The number of hydrogen-bond acceptors (Lipinski definition) is 6. The van der Waals surface area contributed by atoms with Crippen molar-refractivity contribution in [1.29, 1.82) is 0 Å². The summed E-state index contributed by atoms with van der Waals surface area (Å²) in [5.41, 5.74) is 3.95. The molecular formula is C27H35NO5. The molecule has 0 bridgehead atoms. The van der Waals surface area contributed by atoms with Crippen LogP contribution in [0, 0.1) is 0 Å². The Kier molecular flexibility index (Phi) is 9.31. The molecule has 1 atom stereocenters. The molecule has 0 aromatic heterocycles. The molecule has 3 rings (SSSR count). The van der Waals surface area contributed by atoms with Gasteiger partial charge in [0.1, 0.15) is 5.75 Å². The second kappa shape index (κ2) is 12.4. The Hall–Kier alpha value is -2.86. The van der Waals surface area contributed by atoms with Crippen molar-refractivity contribution < 1.29 is 24.2 Å². The van der Waals surface area contributed by atoms with Crippen LogP contribution in [0.15, 0.2) is 42.5 Å². The molecule has 0 saturated carbocycles. The lowest BCUT2D eigenvalue weighted by molar-refractivity contribution is -0.143. The Morgan fingerprint density at radius 3 is 2.52 bits per heavy atom. The Morgan fingerprint density at radius 1 is 1.03 bits per heavy atom. The predicted octanol–water partition coefficient (Wildman–Crippen LogP) is 4.66. The number of phenolic OH excluding ortho intramolecular Hbond substituents is 1. The highest BCUT2D eigenvalue weighted by atomic mass is 16.5. The van der Waals surface area contributed by atoms with E-state index < -0.39 is 0 Å². The number of esters is 2. The summed E-state index contributed by atoms with van der Waals surface area (Å²) in [4.78, 5) is 26.1. The molecule has 0 fully saturated rings. The molecule has 0 saturated heterocycles. The van der Waals surface area contributed by atoms with Gasteiger partial charge in [0.15, 0.2) is 0 Å². The van der Waals surface area contributed by atoms with E-state index in [1.54, 1.807) is 13.0 Å². The van der Waals surface area contributed by atoms with Crippen LogP contribution in [0.1, 0.15) is 66.6 Å². The largest absolute Gasteiger partial charge is 0.508 e. The van der Waals surface area contributed by atoms with Gasteiger partial charge in [0, 0.05) is 19.0 Å². The fraction of sp³-hybridized carbons (Fsp3) is 0.481. The van der Waals surface area contributed by atoms with Crippen molar-refractivity contribution in [2.45, 2.75) is 65.0 Å². The lowest BCUT2D eigenvalue weighted by atomic mass is 9.86. The van der Waals surface area contributed by atoms with Crippen molar-refractivity contribution in [2.75, 3.05) is 19.8 Å². The van der Waals surface area contributed by atoms with E-state index in [-0.39, 0.29) is 11.9 Å². The lowest BCUT2D eigenvalue weighted by Crippen LogP contribution is -2.39. The fourth-order valence-electron chi connectivity index (χ4n) is 4.47. The van der Waals surface area contributed by atoms with Gasteiger partial charge in [-0.1, -0.05) is 24.3 Å². The van der Waals surface area contributed by atoms with E-state index in [4.69, 9.17) is 9.47 Å². The van der Waals surface area contributed by atoms with Crippen LogP contribution in [-0.4, -0.2) is 47.7 Å². The van der Waals surface area contributed by atoms with Crippen molar-refractivity contribution >= 4 is 11.9 Å². The molecular weight excluding hydrogens is 418 g/mol. The lowest BCUT2D eigenvalue weighted by Gasteiger charge is -2.35. The van der Waals surface area contributed by atoms with E-state index >= 15 is 0 Å². The average molecular weight is 454 g/mol. The minimum atomic E-state index is -0.306. The van der Waals surface area contributed by atoms with Crippen LogP contribution in [0.3, 0.4) is 0 Å². The standard InChI is InChI=1S/C27H35NO5/c1-3-32-26(30)10-5-6-17-28(19-20-11-13-22(14-12-20)27(31)33-4-2)23-16-15-21-8-7-9-25(29)24(21)18-23/h7-9,11-14,23,29H,3-6,10,15-19H2,1-2H3. The summed E-state index contributed by atoms with van der Waals surface area (Å²) in [6, 6.07) is 13.7. The number of fused-ring (bicyclic) bond motifs is 1. The number of ether oxygens (including phenoxy) is 2. The second-order valence-corrected chi connectivity index (χ2v) is 8.46. The first-order valence-electron chi connectivity index (χ1n) is 12.0. The Bertz CT molecular complexity index is 925. The molecule has 0 spiro atoms. The average Bonchev–Trinajstić information content (AvgIpc) is 2.82. The molecule has 6 heteroatoms. The Balaban J connectivity index is 1.68. The number of aromatic hydroxyl groups is 1. The van der Waals surface area contributed by atoms with Gasteiger partial charge in [0.25, 0.3) is 0 Å². The minimum Gasteiger partial charge on any atom is -0.508 e. The van der Waals surface area contributed by atoms with Crippen LogP contribution in [-0.2, 0) is 33.7 Å². The summed E-state index contributed by atoms with van der Waals surface area (Å²) in [6.45, 7) is 5.99. The second-order valence-electron chi connectivity index (χ2n) is 8.46. The number of benzene rings is 2. The van der Waals surface area contributed by atoms with Gasteiger partial charge < -0.3 is 14.6 Å². The van der Waals surface area contributed by atoms with E-state index in [1.807, 2.05) is 37.3 Å². The molecule has 1 aliphatic carbocycles. The van der Waals surface area contributed by atoms with E-state index in [0.717, 1.165) is 56.3 Å². The van der Waals surface area contributed by atoms with Crippen LogP contribution in [0.25, 0.3) is 0 Å². The van der Waals surface area contributed by atoms with Crippen molar-refractivity contribution in [1.82, 2.24) is 4.90 Å². The molecule has 2 aromatic rings. The molecule has 0 heterocycles. The van der Waals surface area contributed by atoms with Crippen LogP contribution >= 0.6 is 0 Å². The highest BCUT2D eigenvalue weighted by Gasteiger charge is 2.26. The van der Waals surface area contributed by atoms with Gasteiger partial charge in [0.05, 0.1) is 18.8 Å². The van der Waals surface area contributed by atoms with Crippen molar-refractivity contribution in [2.24, 2.45) is 0 Å². The number of carbonyl (C=O) groups excluding carboxylic acids is 2. The highest BCUT2D eigenvalue weighted by molar-refractivity contribution is 5.89. The van der Waals surface area contributed by atoms with Gasteiger partial charge in [-0.15, -0.1) is 0 Å². The van der Waals surface area contributed by atoms with Gasteiger partial charge in [-0.2, -0.15) is 0 Å². The molecule has 33 heavy (non-hydrogen) atoms. The summed E-state index contributed by atoms with van der Waals surface area (Å²) in [5, 5.41) is 10.4. The first-order valence-corrected chi connectivity index (χ1v) is 12.0. The zero-order valence-electron chi connectivity index (χ0n) is 19.7. The Morgan fingerprint density at radius 2 is 1.79 bits per heavy atom. The molecule has 2 aromatic carbocycles. The number of nitrogens with zero attached hydrogens (tertiary/aromatic N) is 1. The molecule has 0 aliphatic heterocycles. The van der Waals surface area contributed by atoms with Gasteiger partial charge in [-0.05, 0) is 87.4 Å². The van der Waals surface area contributed by atoms with Gasteiger partial charge in [0.2, 0.25) is 0 Å². The quantitative estimate of drug-likeness (QED) is 0.394. The van der Waals surface area contributed by atoms with E-state index in [9.17, 15) is 14.7 Å². The molecule has 1 aliphatic rings. The third-order valence-corrected chi connectivity index (χ3v) is 6.18. The van der Waals surface area contributed by atoms with E-state index in [2.05, 4.69) is 11.0 Å². The summed E-state index contributed by atoms with van der Waals surface area (Å²) in [5.74, 6) is -0.0763. The van der Waals surface area contributed by atoms with Crippen molar-refractivity contribution in [3.05, 3.63) is 64.7 Å². The normalized spacial score (nSPS) is 15.2. The zero-order chi connectivity index (χ0) is 23.6. The molecule has 1 unspecified atom stereocenters. The molecule has 1 N–H and O–H groups in total. The number of rotatable bonds is 11. The maximum atomic E-state index is 12.0. The summed E-state index contributed by atoms with van der Waals surface area (Å²) < 4.78 is 10.1. The number of phenols is 1. The fourth-order valence-corrected chi connectivity index (χ4v) is 4.47.